The van der Waals surface area contributed by atoms with Gasteiger partial charge in [-0.3, -0.25) is 9.59 Å². The van der Waals surface area contributed by atoms with Crippen molar-refractivity contribution in [3.8, 4) is 0 Å². The molecule has 0 bridgehead atoms. The average Bonchev–Trinajstić information content (AvgIpc) is 3.36. The van der Waals surface area contributed by atoms with Crippen LogP contribution in [0, 0.1) is 0 Å². The summed E-state index contributed by atoms with van der Waals surface area (Å²) in [5.74, 6) is 0.0704. The highest BCUT2D eigenvalue weighted by molar-refractivity contribution is 5.97. The van der Waals surface area contributed by atoms with Crippen LogP contribution < -0.4 is 10.2 Å². The third-order valence-corrected chi connectivity index (χ3v) is 5.59. The van der Waals surface area contributed by atoms with Crippen LogP contribution in [-0.2, 0) is 16.1 Å². The molecule has 1 aliphatic carbocycles. The zero-order valence-corrected chi connectivity index (χ0v) is 16.0. The molecule has 2 aromatic rings. The molecule has 0 aromatic heterocycles. The molecule has 0 unspecified atom stereocenters. The molecule has 2 aromatic carbocycles. The molecule has 2 aliphatic rings. The maximum absolute atomic E-state index is 12.7. The van der Waals surface area contributed by atoms with Crippen molar-refractivity contribution in [2.45, 2.75) is 50.9 Å². The lowest BCUT2D eigenvalue weighted by molar-refractivity contribution is -0.117. The third-order valence-electron chi connectivity index (χ3n) is 5.59. The molecule has 1 aliphatic heterocycles. The van der Waals surface area contributed by atoms with Crippen molar-refractivity contribution >= 4 is 17.5 Å². The maximum Gasteiger partial charge on any atom is 0.251 e. The summed E-state index contributed by atoms with van der Waals surface area (Å²) >= 11 is 0. The smallest absolute Gasteiger partial charge is 0.251 e. The van der Waals surface area contributed by atoms with Crippen LogP contribution in [0.1, 0.15) is 48.0 Å². The summed E-state index contributed by atoms with van der Waals surface area (Å²) in [5.41, 5.74) is 2.62. The van der Waals surface area contributed by atoms with Gasteiger partial charge in [-0.05, 0) is 55.5 Å². The lowest BCUT2D eigenvalue weighted by Crippen LogP contribution is -2.41. The van der Waals surface area contributed by atoms with E-state index in [4.69, 9.17) is 4.74 Å². The van der Waals surface area contributed by atoms with E-state index in [1.807, 2.05) is 30.3 Å². The van der Waals surface area contributed by atoms with Gasteiger partial charge < -0.3 is 15.0 Å². The van der Waals surface area contributed by atoms with E-state index in [-0.39, 0.29) is 24.0 Å². The minimum Gasteiger partial charge on any atom is -0.371 e. The van der Waals surface area contributed by atoms with E-state index in [1.165, 1.54) is 0 Å². The quantitative estimate of drug-likeness (QED) is 0.834. The van der Waals surface area contributed by atoms with E-state index in [9.17, 15) is 9.59 Å². The molecule has 0 spiro atoms. The lowest BCUT2D eigenvalue weighted by atomic mass is 10.1. The highest BCUT2D eigenvalue weighted by Crippen LogP contribution is 2.25. The lowest BCUT2D eigenvalue weighted by Gasteiger charge is -2.22. The van der Waals surface area contributed by atoms with Crippen molar-refractivity contribution in [3.63, 3.8) is 0 Å². The first-order valence-corrected chi connectivity index (χ1v) is 10.1. The fourth-order valence-corrected chi connectivity index (χ4v) is 4.03. The average molecular weight is 378 g/mol. The second-order valence-corrected chi connectivity index (χ2v) is 7.54. The predicted octanol–water partition coefficient (Wildman–Crippen LogP) is 3.68. The van der Waals surface area contributed by atoms with Crippen molar-refractivity contribution in [1.29, 1.82) is 0 Å². The summed E-state index contributed by atoms with van der Waals surface area (Å²) in [6.07, 6.45) is 4.51. The summed E-state index contributed by atoms with van der Waals surface area (Å²) in [4.78, 5) is 26.3. The van der Waals surface area contributed by atoms with Gasteiger partial charge >= 0.3 is 0 Å². The van der Waals surface area contributed by atoms with E-state index in [0.29, 0.717) is 18.6 Å². The summed E-state index contributed by atoms with van der Waals surface area (Å²) in [6.45, 7) is 1.32. The first-order valence-electron chi connectivity index (χ1n) is 10.1. The Hall–Kier alpha value is -2.66. The molecule has 28 heavy (non-hydrogen) atoms. The Morgan fingerprint density at radius 2 is 1.82 bits per heavy atom. The Labute approximate surface area is 165 Å². The SMILES string of the molecule is O=C(N[C@@H]1CCC[C@H]1OCc1ccccc1)c1ccc(N2CCCC2=O)cc1. The van der Waals surface area contributed by atoms with Crippen LogP contribution in [0.3, 0.4) is 0 Å². The van der Waals surface area contributed by atoms with Gasteiger partial charge in [-0.1, -0.05) is 30.3 Å². The molecule has 1 N–H and O–H groups in total. The van der Waals surface area contributed by atoms with Crippen LogP contribution >= 0.6 is 0 Å². The number of amides is 2. The van der Waals surface area contributed by atoms with Crippen molar-refractivity contribution < 1.29 is 14.3 Å². The number of carbonyl (C=O) groups is 2. The molecule has 146 valence electrons. The number of ether oxygens (including phenoxy) is 1. The van der Waals surface area contributed by atoms with Gasteiger partial charge in [0.05, 0.1) is 18.8 Å². The van der Waals surface area contributed by atoms with E-state index >= 15 is 0 Å². The first kappa shape index (κ1) is 18.7. The molecule has 4 rings (SSSR count). The Kier molecular flexibility index (Phi) is 5.72. The normalized spacial score (nSPS) is 21.9. The van der Waals surface area contributed by atoms with Crippen molar-refractivity contribution in [3.05, 3.63) is 65.7 Å². The number of nitrogens with zero attached hydrogens (tertiary/aromatic N) is 1. The standard InChI is InChI=1S/C23H26N2O3/c26-22-10-5-15-25(22)19-13-11-18(12-14-19)23(27)24-20-8-4-9-21(20)28-16-17-6-2-1-3-7-17/h1-3,6-7,11-14,20-21H,4-5,8-10,15-16H2,(H,24,27)/t20-,21-/m1/s1. The number of anilines is 1. The summed E-state index contributed by atoms with van der Waals surface area (Å²) < 4.78 is 6.08. The van der Waals surface area contributed by atoms with E-state index in [2.05, 4.69) is 17.4 Å². The molecular formula is C23H26N2O3. The predicted molar refractivity (Wildman–Crippen MR) is 108 cm³/mol. The molecule has 2 atom stereocenters. The monoisotopic (exact) mass is 378 g/mol. The number of nitrogens with one attached hydrogen (secondary N) is 1. The minimum atomic E-state index is -0.0838. The molecule has 5 nitrogen and oxygen atoms in total. The van der Waals surface area contributed by atoms with E-state index < -0.39 is 0 Å². The zero-order valence-electron chi connectivity index (χ0n) is 16.0. The fourth-order valence-electron chi connectivity index (χ4n) is 4.03. The molecular weight excluding hydrogens is 352 g/mol. The topological polar surface area (TPSA) is 58.6 Å². The Balaban J connectivity index is 1.34. The molecule has 0 radical (unpaired) electrons. The Morgan fingerprint density at radius 1 is 1.04 bits per heavy atom. The highest BCUT2D eigenvalue weighted by atomic mass is 16.5. The van der Waals surface area contributed by atoms with Crippen molar-refractivity contribution in [2.24, 2.45) is 0 Å². The van der Waals surface area contributed by atoms with Gasteiger partial charge in [0.15, 0.2) is 0 Å². The van der Waals surface area contributed by atoms with E-state index in [0.717, 1.165) is 43.5 Å². The van der Waals surface area contributed by atoms with Crippen LogP contribution in [0.5, 0.6) is 0 Å². The van der Waals surface area contributed by atoms with Crippen LogP contribution in [-0.4, -0.2) is 30.5 Å². The van der Waals surface area contributed by atoms with Gasteiger partial charge in [-0.25, -0.2) is 0 Å². The third kappa shape index (κ3) is 4.25. The number of carbonyl (C=O) groups excluding carboxylic acids is 2. The largest absolute Gasteiger partial charge is 0.371 e. The summed E-state index contributed by atoms with van der Waals surface area (Å²) in [5, 5.41) is 3.13. The minimum absolute atomic E-state index is 0.0380. The highest BCUT2D eigenvalue weighted by Gasteiger charge is 2.29. The van der Waals surface area contributed by atoms with Gasteiger partial charge in [-0.2, -0.15) is 0 Å². The molecule has 1 heterocycles. The Morgan fingerprint density at radius 3 is 2.54 bits per heavy atom. The molecule has 1 saturated heterocycles. The second-order valence-electron chi connectivity index (χ2n) is 7.54. The van der Waals surface area contributed by atoms with Crippen LogP contribution in [0.15, 0.2) is 54.6 Å². The van der Waals surface area contributed by atoms with E-state index in [1.54, 1.807) is 17.0 Å². The first-order chi connectivity index (χ1) is 13.7. The second kappa shape index (κ2) is 8.57. The number of hydrogen-bond donors (Lipinski definition) is 1. The van der Waals surface area contributed by atoms with Gasteiger partial charge in [0.2, 0.25) is 5.91 Å². The van der Waals surface area contributed by atoms with Gasteiger partial charge in [0.25, 0.3) is 5.91 Å². The number of benzene rings is 2. The Bertz CT molecular complexity index is 820. The van der Waals surface area contributed by atoms with Crippen molar-refractivity contribution in [2.75, 3.05) is 11.4 Å². The summed E-state index contributed by atoms with van der Waals surface area (Å²) in [7, 11) is 0. The summed E-state index contributed by atoms with van der Waals surface area (Å²) in [6, 6.07) is 17.5. The molecule has 2 amide bonds. The number of rotatable bonds is 6. The van der Waals surface area contributed by atoms with Crippen LogP contribution in [0.4, 0.5) is 5.69 Å². The maximum atomic E-state index is 12.7. The number of hydrogen-bond acceptors (Lipinski definition) is 3. The van der Waals surface area contributed by atoms with Crippen LogP contribution in [0.2, 0.25) is 0 Å². The molecule has 1 saturated carbocycles. The van der Waals surface area contributed by atoms with Gasteiger partial charge in [0.1, 0.15) is 0 Å². The van der Waals surface area contributed by atoms with Gasteiger partial charge in [-0.15, -0.1) is 0 Å². The van der Waals surface area contributed by atoms with Crippen LogP contribution in [0.25, 0.3) is 0 Å². The molecule has 2 fully saturated rings. The van der Waals surface area contributed by atoms with Crippen molar-refractivity contribution in [1.82, 2.24) is 5.32 Å². The zero-order chi connectivity index (χ0) is 19.3. The molecule has 5 heteroatoms. The van der Waals surface area contributed by atoms with Gasteiger partial charge in [0, 0.05) is 24.2 Å². The fraction of sp³-hybridized carbons (Fsp3) is 0.391.